The van der Waals surface area contributed by atoms with Crippen LogP contribution in [0.2, 0.25) is 0 Å². The fraction of sp³-hybridized carbons (Fsp3) is 0.182. The molecule has 2 aromatic carbocycles. The number of hydrogen-bond donors (Lipinski definition) is 2. The summed E-state index contributed by atoms with van der Waals surface area (Å²) in [5, 5.41) is 7.75. The Morgan fingerprint density at radius 3 is 2.19 bits per heavy atom. The van der Waals surface area contributed by atoms with E-state index in [1.54, 1.807) is 30.3 Å². The third kappa shape index (κ3) is 4.44. The lowest BCUT2D eigenvalue weighted by Crippen LogP contribution is -2.16. The monoisotopic (exact) mass is 378 g/mol. The van der Waals surface area contributed by atoms with Gasteiger partial charge in [-0.15, -0.1) is 11.3 Å². The molecule has 0 aliphatic rings. The Bertz CT molecular complexity index is 926. The first kappa shape index (κ1) is 18.9. The highest BCUT2D eigenvalue weighted by Crippen LogP contribution is 2.24. The van der Waals surface area contributed by atoms with Crippen molar-refractivity contribution in [3.63, 3.8) is 0 Å². The Labute approximate surface area is 163 Å². The molecule has 0 aliphatic carbocycles. The fourth-order valence-electron chi connectivity index (χ4n) is 2.93. The molecule has 0 saturated heterocycles. The van der Waals surface area contributed by atoms with E-state index in [1.807, 2.05) is 29.6 Å². The summed E-state index contributed by atoms with van der Waals surface area (Å²) in [5.74, 6) is -0.357. The molecule has 0 atom stereocenters. The third-order valence-electron chi connectivity index (χ3n) is 4.36. The number of nitrogens with one attached hydrogen (secondary N) is 2. The second kappa shape index (κ2) is 8.64. The standard InChI is InChI=1S/C22H22N2O2S/c1-3-15-8-5-9-16(4-2)20(15)24-21(25)17-10-6-11-18(14-17)23-22(26)19-12-7-13-27-19/h5-14H,3-4H2,1-2H3,(H,23,26)(H,24,25). The van der Waals surface area contributed by atoms with Crippen molar-refractivity contribution in [3.05, 3.63) is 81.5 Å². The van der Waals surface area contributed by atoms with E-state index in [0.29, 0.717) is 16.1 Å². The lowest BCUT2D eigenvalue weighted by molar-refractivity contribution is 0.101. The quantitative estimate of drug-likeness (QED) is 0.605. The molecule has 4 nitrogen and oxygen atoms in total. The van der Waals surface area contributed by atoms with Crippen LogP contribution < -0.4 is 10.6 Å². The molecule has 5 heteroatoms. The van der Waals surface area contributed by atoms with Crippen molar-refractivity contribution >= 4 is 34.5 Å². The zero-order valence-corrected chi connectivity index (χ0v) is 16.2. The number of carbonyl (C=O) groups is 2. The average molecular weight is 378 g/mol. The minimum Gasteiger partial charge on any atom is -0.321 e. The molecule has 1 heterocycles. The topological polar surface area (TPSA) is 58.2 Å². The highest BCUT2D eigenvalue weighted by atomic mass is 32.1. The number of rotatable bonds is 6. The number of para-hydroxylation sites is 1. The number of benzene rings is 2. The number of hydrogen-bond acceptors (Lipinski definition) is 3. The Balaban J connectivity index is 1.79. The van der Waals surface area contributed by atoms with Crippen molar-refractivity contribution in [3.8, 4) is 0 Å². The molecule has 27 heavy (non-hydrogen) atoms. The number of carbonyl (C=O) groups excluding carboxylic acids is 2. The van der Waals surface area contributed by atoms with Crippen molar-refractivity contribution < 1.29 is 9.59 Å². The maximum absolute atomic E-state index is 12.8. The molecular weight excluding hydrogens is 356 g/mol. The molecule has 0 bridgehead atoms. The highest BCUT2D eigenvalue weighted by molar-refractivity contribution is 7.12. The van der Waals surface area contributed by atoms with Gasteiger partial charge in [0.25, 0.3) is 11.8 Å². The van der Waals surface area contributed by atoms with Crippen molar-refractivity contribution in [2.75, 3.05) is 10.6 Å². The fourth-order valence-corrected chi connectivity index (χ4v) is 3.55. The van der Waals surface area contributed by atoms with E-state index in [1.165, 1.54) is 11.3 Å². The Morgan fingerprint density at radius 2 is 1.56 bits per heavy atom. The first-order valence-corrected chi connectivity index (χ1v) is 9.87. The molecule has 138 valence electrons. The Kier molecular flexibility index (Phi) is 6.04. The van der Waals surface area contributed by atoms with Crippen molar-refractivity contribution in [1.82, 2.24) is 0 Å². The van der Waals surface area contributed by atoms with Gasteiger partial charge in [-0.2, -0.15) is 0 Å². The first-order valence-electron chi connectivity index (χ1n) is 8.99. The molecule has 0 spiro atoms. The van der Waals surface area contributed by atoms with Crippen LogP contribution in [0.15, 0.2) is 60.0 Å². The molecule has 3 aromatic rings. The lowest BCUT2D eigenvalue weighted by Gasteiger charge is -2.15. The SMILES string of the molecule is CCc1cccc(CC)c1NC(=O)c1cccc(NC(=O)c2cccs2)c1. The van der Waals surface area contributed by atoms with Crippen molar-refractivity contribution in [1.29, 1.82) is 0 Å². The number of thiophene rings is 1. The van der Waals surface area contributed by atoms with Gasteiger partial charge in [0.15, 0.2) is 0 Å². The van der Waals surface area contributed by atoms with Crippen LogP contribution in [-0.2, 0) is 12.8 Å². The largest absolute Gasteiger partial charge is 0.321 e. The molecule has 0 fully saturated rings. The van der Waals surface area contributed by atoms with Gasteiger partial charge in [-0.05, 0) is 53.6 Å². The van der Waals surface area contributed by atoms with E-state index in [2.05, 4.69) is 24.5 Å². The highest BCUT2D eigenvalue weighted by Gasteiger charge is 2.13. The minimum atomic E-state index is -0.183. The first-order chi connectivity index (χ1) is 13.1. The van der Waals surface area contributed by atoms with Gasteiger partial charge in [-0.25, -0.2) is 0 Å². The smallest absolute Gasteiger partial charge is 0.265 e. The summed E-state index contributed by atoms with van der Waals surface area (Å²) in [5.41, 5.74) is 4.22. The molecule has 1 aromatic heterocycles. The lowest BCUT2D eigenvalue weighted by atomic mass is 10.0. The summed E-state index contributed by atoms with van der Waals surface area (Å²) in [4.78, 5) is 25.6. The maximum atomic E-state index is 12.8. The van der Waals surface area contributed by atoms with E-state index in [0.717, 1.165) is 29.7 Å². The van der Waals surface area contributed by atoms with Gasteiger partial charge in [-0.3, -0.25) is 9.59 Å². The van der Waals surface area contributed by atoms with E-state index >= 15 is 0 Å². The summed E-state index contributed by atoms with van der Waals surface area (Å²) in [7, 11) is 0. The van der Waals surface area contributed by atoms with Crippen LogP contribution in [0.25, 0.3) is 0 Å². The van der Waals surface area contributed by atoms with E-state index in [4.69, 9.17) is 0 Å². The molecule has 0 unspecified atom stereocenters. The summed E-state index contributed by atoms with van der Waals surface area (Å²) in [6.45, 7) is 4.15. The summed E-state index contributed by atoms with van der Waals surface area (Å²) >= 11 is 1.38. The van der Waals surface area contributed by atoms with Crippen LogP contribution >= 0.6 is 11.3 Å². The van der Waals surface area contributed by atoms with E-state index < -0.39 is 0 Å². The Hall–Kier alpha value is -2.92. The molecule has 2 N–H and O–H groups in total. The average Bonchev–Trinajstić information content (AvgIpc) is 3.23. The zero-order chi connectivity index (χ0) is 19.2. The predicted molar refractivity (Wildman–Crippen MR) is 112 cm³/mol. The second-order valence-electron chi connectivity index (χ2n) is 6.12. The molecule has 2 amide bonds. The van der Waals surface area contributed by atoms with Crippen LogP contribution in [0.1, 0.15) is 45.0 Å². The predicted octanol–water partition coefficient (Wildman–Crippen LogP) is 5.38. The van der Waals surface area contributed by atoms with Gasteiger partial charge in [0, 0.05) is 16.9 Å². The van der Waals surface area contributed by atoms with Gasteiger partial charge < -0.3 is 10.6 Å². The van der Waals surface area contributed by atoms with Crippen LogP contribution in [-0.4, -0.2) is 11.8 Å². The van der Waals surface area contributed by atoms with Gasteiger partial charge in [-0.1, -0.05) is 44.2 Å². The molecule has 3 rings (SSSR count). The van der Waals surface area contributed by atoms with Crippen molar-refractivity contribution in [2.24, 2.45) is 0 Å². The molecule has 0 aliphatic heterocycles. The van der Waals surface area contributed by atoms with Crippen molar-refractivity contribution in [2.45, 2.75) is 26.7 Å². The van der Waals surface area contributed by atoms with Gasteiger partial charge >= 0.3 is 0 Å². The number of amides is 2. The molecule has 0 radical (unpaired) electrons. The number of aryl methyl sites for hydroxylation is 2. The third-order valence-corrected chi connectivity index (χ3v) is 5.23. The van der Waals surface area contributed by atoms with Crippen LogP contribution in [0.3, 0.4) is 0 Å². The summed E-state index contributed by atoms with van der Waals surface area (Å²) in [6, 6.07) is 16.7. The minimum absolute atomic E-state index is 0.174. The van der Waals surface area contributed by atoms with E-state index in [-0.39, 0.29) is 11.8 Å². The number of anilines is 2. The zero-order valence-electron chi connectivity index (χ0n) is 15.4. The van der Waals surface area contributed by atoms with E-state index in [9.17, 15) is 9.59 Å². The normalized spacial score (nSPS) is 10.4. The maximum Gasteiger partial charge on any atom is 0.265 e. The van der Waals surface area contributed by atoms with Crippen LogP contribution in [0.4, 0.5) is 11.4 Å². The molecule has 0 saturated carbocycles. The van der Waals surface area contributed by atoms with Gasteiger partial charge in [0.2, 0.25) is 0 Å². The summed E-state index contributed by atoms with van der Waals surface area (Å²) in [6.07, 6.45) is 1.70. The molecular formula is C22H22N2O2S. The van der Waals surface area contributed by atoms with Crippen LogP contribution in [0.5, 0.6) is 0 Å². The van der Waals surface area contributed by atoms with Gasteiger partial charge in [0.1, 0.15) is 0 Å². The summed E-state index contributed by atoms with van der Waals surface area (Å²) < 4.78 is 0. The second-order valence-corrected chi connectivity index (χ2v) is 7.07. The Morgan fingerprint density at radius 1 is 0.852 bits per heavy atom. The van der Waals surface area contributed by atoms with Crippen LogP contribution in [0, 0.1) is 0 Å². The van der Waals surface area contributed by atoms with Gasteiger partial charge in [0.05, 0.1) is 4.88 Å².